The number of halogens is 1. The van der Waals surface area contributed by atoms with Gasteiger partial charge in [-0.2, -0.15) is 0 Å². The molecule has 0 saturated heterocycles. The van der Waals surface area contributed by atoms with Crippen molar-refractivity contribution in [3.63, 3.8) is 0 Å². The molecule has 0 saturated carbocycles. The molecular weight excluding hydrogens is 292 g/mol. The quantitative estimate of drug-likeness (QED) is 0.673. The van der Waals surface area contributed by atoms with E-state index in [-0.39, 0.29) is 5.54 Å². The fraction of sp³-hybridized carbons (Fsp3) is 0.368. The molecule has 2 nitrogen and oxygen atoms in total. The molecule has 1 heterocycles. The van der Waals surface area contributed by atoms with Crippen LogP contribution in [0.15, 0.2) is 30.3 Å². The van der Waals surface area contributed by atoms with Crippen LogP contribution in [-0.4, -0.2) is 5.54 Å². The largest absolute Gasteiger partial charge is 0.398 e. The Morgan fingerprint density at radius 2 is 1.91 bits per heavy atom. The van der Waals surface area contributed by atoms with Gasteiger partial charge in [0.2, 0.25) is 0 Å². The van der Waals surface area contributed by atoms with Crippen LogP contribution < -0.4 is 11.1 Å². The predicted octanol–water partition coefficient (Wildman–Crippen LogP) is 5.60. The Morgan fingerprint density at radius 3 is 2.59 bits per heavy atom. The highest BCUT2D eigenvalue weighted by molar-refractivity contribution is 6.35. The highest BCUT2D eigenvalue weighted by atomic mass is 35.5. The lowest BCUT2D eigenvalue weighted by atomic mass is 9.79. The molecule has 116 valence electrons. The number of hydrogen-bond acceptors (Lipinski definition) is 2. The van der Waals surface area contributed by atoms with Crippen molar-refractivity contribution in [3.05, 3.63) is 46.5 Å². The summed E-state index contributed by atoms with van der Waals surface area (Å²) in [7, 11) is 0. The maximum absolute atomic E-state index is 6.80. The van der Waals surface area contributed by atoms with Crippen molar-refractivity contribution in [1.82, 2.24) is 0 Å². The first-order valence-electron chi connectivity index (χ1n) is 7.76. The molecule has 0 bridgehead atoms. The number of aryl methyl sites for hydroxylation is 1. The van der Waals surface area contributed by atoms with E-state index in [4.69, 9.17) is 17.3 Å². The van der Waals surface area contributed by atoms with Gasteiger partial charge in [-0.15, -0.1) is 0 Å². The Balaban J connectivity index is 2.24. The van der Waals surface area contributed by atoms with Gasteiger partial charge in [0.05, 0.1) is 5.02 Å². The molecule has 1 aliphatic heterocycles. The van der Waals surface area contributed by atoms with E-state index in [1.54, 1.807) is 0 Å². The average molecular weight is 315 g/mol. The molecule has 0 aromatic heterocycles. The molecule has 2 aromatic rings. The van der Waals surface area contributed by atoms with Crippen LogP contribution in [0.5, 0.6) is 0 Å². The van der Waals surface area contributed by atoms with Crippen LogP contribution in [0, 0.1) is 6.92 Å². The lowest BCUT2D eigenvalue weighted by molar-refractivity contribution is 0.454. The molecule has 0 amide bonds. The molecule has 0 radical (unpaired) electrons. The first kappa shape index (κ1) is 15.2. The number of hydrogen-bond donors (Lipinski definition) is 2. The Hall–Kier alpha value is -1.67. The number of anilines is 2. The third-order valence-electron chi connectivity index (χ3n) is 4.52. The molecule has 3 heteroatoms. The zero-order valence-electron chi connectivity index (χ0n) is 13.6. The summed E-state index contributed by atoms with van der Waals surface area (Å²) < 4.78 is 0. The SMILES string of the molecule is Cc1cc(-c2ccccc2N)c(Cl)c2c1NC(C)(C)CC2C. The predicted molar refractivity (Wildman–Crippen MR) is 96.8 cm³/mol. The summed E-state index contributed by atoms with van der Waals surface area (Å²) in [5.74, 6) is 0.419. The number of rotatable bonds is 1. The fourth-order valence-electron chi connectivity index (χ4n) is 3.64. The summed E-state index contributed by atoms with van der Waals surface area (Å²) in [6.45, 7) is 8.87. The number of benzene rings is 2. The van der Waals surface area contributed by atoms with Crippen molar-refractivity contribution in [2.24, 2.45) is 0 Å². The maximum Gasteiger partial charge on any atom is 0.0540 e. The second-order valence-corrected chi connectivity index (χ2v) is 7.42. The molecule has 1 aliphatic rings. The van der Waals surface area contributed by atoms with Gasteiger partial charge >= 0.3 is 0 Å². The van der Waals surface area contributed by atoms with Gasteiger partial charge in [0, 0.05) is 28.0 Å². The molecule has 0 aliphatic carbocycles. The summed E-state index contributed by atoms with van der Waals surface area (Å²) in [5.41, 5.74) is 12.7. The minimum Gasteiger partial charge on any atom is -0.398 e. The van der Waals surface area contributed by atoms with Gasteiger partial charge in [-0.05, 0) is 56.4 Å². The van der Waals surface area contributed by atoms with Crippen molar-refractivity contribution >= 4 is 23.0 Å². The van der Waals surface area contributed by atoms with Crippen molar-refractivity contribution < 1.29 is 0 Å². The molecule has 22 heavy (non-hydrogen) atoms. The van der Waals surface area contributed by atoms with Gasteiger partial charge < -0.3 is 11.1 Å². The summed E-state index contributed by atoms with van der Waals surface area (Å²) in [4.78, 5) is 0. The zero-order chi connectivity index (χ0) is 16.1. The summed E-state index contributed by atoms with van der Waals surface area (Å²) in [6.07, 6.45) is 1.06. The Morgan fingerprint density at radius 1 is 1.23 bits per heavy atom. The topological polar surface area (TPSA) is 38.0 Å². The molecule has 3 rings (SSSR count). The zero-order valence-corrected chi connectivity index (χ0v) is 14.4. The Bertz CT molecular complexity index is 734. The van der Waals surface area contributed by atoms with Gasteiger partial charge in [-0.25, -0.2) is 0 Å². The lowest BCUT2D eigenvalue weighted by Gasteiger charge is -2.39. The number of para-hydroxylation sites is 1. The summed E-state index contributed by atoms with van der Waals surface area (Å²) >= 11 is 6.80. The molecule has 2 aromatic carbocycles. The minimum absolute atomic E-state index is 0.0911. The Kier molecular flexibility index (Phi) is 3.60. The molecule has 0 fully saturated rings. The van der Waals surface area contributed by atoms with Crippen LogP contribution in [0.2, 0.25) is 5.02 Å². The first-order valence-corrected chi connectivity index (χ1v) is 8.14. The minimum atomic E-state index is 0.0911. The molecule has 1 atom stereocenters. The highest BCUT2D eigenvalue weighted by Gasteiger charge is 2.32. The molecule has 3 N–H and O–H groups in total. The van der Waals surface area contributed by atoms with Gasteiger partial charge in [-0.3, -0.25) is 0 Å². The van der Waals surface area contributed by atoms with Crippen LogP contribution in [0.25, 0.3) is 11.1 Å². The monoisotopic (exact) mass is 314 g/mol. The van der Waals surface area contributed by atoms with E-state index in [9.17, 15) is 0 Å². The molecule has 0 spiro atoms. The van der Waals surface area contributed by atoms with Gasteiger partial charge in [0.1, 0.15) is 0 Å². The van der Waals surface area contributed by atoms with Crippen molar-refractivity contribution in [2.45, 2.75) is 45.6 Å². The number of nitrogens with one attached hydrogen (secondary N) is 1. The van der Waals surface area contributed by atoms with Crippen LogP contribution in [0.3, 0.4) is 0 Å². The van der Waals surface area contributed by atoms with E-state index in [1.807, 2.05) is 24.3 Å². The average Bonchev–Trinajstić information content (AvgIpc) is 2.42. The van der Waals surface area contributed by atoms with Crippen molar-refractivity contribution in [1.29, 1.82) is 0 Å². The van der Waals surface area contributed by atoms with Crippen LogP contribution in [-0.2, 0) is 0 Å². The molecular formula is C19H23ClN2. The number of nitrogens with two attached hydrogens (primary N) is 1. The van der Waals surface area contributed by atoms with Crippen molar-refractivity contribution in [3.8, 4) is 11.1 Å². The number of fused-ring (bicyclic) bond motifs is 1. The second-order valence-electron chi connectivity index (χ2n) is 7.04. The van der Waals surface area contributed by atoms with Crippen LogP contribution in [0.4, 0.5) is 11.4 Å². The maximum atomic E-state index is 6.80. The first-order chi connectivity index (χ1) is 10.3. The van der Waals surface area contributed by atoms with E-state index in [1.165, 1.54) is 16.8 Å². The van der Waals surface area contributed by atoms with Gasteiger partial charge in [0.15, 0.2) is 0 Å². The van der Waals surface area contributed by atoms with Crippen LogP contribution >= 0.6 is 11.6 Å². The van der Waals surface area contributed by atoms with Gasteiger partial charge in [0.25, 0.3) is 0 Å². The standard InChI is InChI=1S/C19H23ClN2/c1-11-9-14(13-7-5-6-8-15(13)21)17(20)16-12(2)10-19(3,4)22-18(11)16/h5-9,12,22H,10,21H2,1-4H3. The van der Waals surface area contributed by atoms with Crippen LogP contribution in [0.1, 0.15) is 44.2 Å². The number of nitrogen functional groups attached to an aromatic ring is 1. The van der Waals surface area contributed by atoms with E-state index >= 15 is 0 Å². The van der Waals surface area contributed by atoms with E-state index in [2.05, 4.69) is 39.1 Å². The summed E-state index contributed by atoms with van der Waals surface area (Å²) in [5, 5.41) is 4.48. The van der Waals surface area contributed by atoms with Crippen molar-refractivity contribution in [2.75, 3.05) is 11.1 Å². The lowest BCUT2D eigenvalue weighted by Crippen LogP contribution is -2.37. The van der Waals surface area contributed by atoms with E-state index in [0.29, 0.717) is 5.92 Å². The van der Waals surface area contributed by atoms with E-state index in [0.717, 1.165) is 28.3 Å². The van der Waals surface area contributed by atoms with E-state index < -0.39 is 0 Å². The normalized spacial score (nSPS) is 19.4. The summed E-state index contributed by atoms with van der Waals surface area (Å²) in [6, 6.07) is 10.1. The third-order valence-corrected chi connectivity index (χ3v) is 4.93. The highest BCUT2D eigenvalue weighted by Crippen LogP contribution is 2.48. The second kappa shape index (κ2) is 5.20. The third kappa shape index (κ3) is 2.46. The van der Waals surface area contributed by atoms with Gasteiger partial charge in [-0.1, -0.05) is 36.7 Å². The smallest absolute Gasteiger partial charge is 0.0540 e. The molecule has 1 unspecified atom stereocenters. The fourth-order valence-corrected chi connectivity index (χ4v) is 4.08. The Labute approximate surface area is 137 Å².